The Morgan fingerprint density at radius 1 is 1.83 bits per heavy atom. The van der Waals surface area contributed by atoms with Gasteiger partial charge in [0.05, 0.1) is 5.51 Å². The van der Waals surface area contributed by atoms with Crippen LogP contribution >= 0.6 is 27.3 Å². The first-order chi connectivity index (χ1) is 5.75. The first-order valence-electron chi connectivity index (χ1n) is 3.19. The van der Waals surface area contributed by atoms with E-state index in [0.29, 0.717) is 9.48 Å². The molecule has 6 heteroatoms. The van der Waals surface area contributed by atoms with Crippen molar-refractivity contribution < 1.29 is 9.18 Å². The molecule has 1 aromatic heterocycles. The third-order valence-corrected chi connectivity index (χ3v) is 2.67. The van der Waals surface area contributed by atoms with Crippen LogP contribution in [-0.2, 0) is 0 Å². The lowest BCUT2D eigenvalue weighted by atomic mass is 10.4. The lowest BCUT2D eigenvalue weighted by molar-refractivity contribution is 0.0946. The second-order valence-electron chi connectivity index (χ2n) is 1.92. The predicted octanol–water partition coefficient (Wildman–Crippen LogP) is 1.60. The van der Waals surface area contributed by atoms with Crippen LogP contribution in [-0.4, -0.2) is 24.1 Å². The Labute approximate surface area is 81.1 Å². The molecule has 12 heavy (non-hydrogen) atoms. The summed E-state index contributed by atoms with van der Waals surface area (Å²) in [5.41, 5.74) is 1.86. The molecule has 1 N–H and O–H groups in total. The van der Waals surface area contributed by atoms with Crippen molar-refractivity contribution >= 4 is 33.2 Å². The Balaban J connectivity index is 2.59. The highest BCUT2D eigenvalue weighted by Gasteiger charge is 2.11. The molecule has 0 atom stereocenters. The molecule has 0 saturated heterocycles. The summed E-state index contributed by atoms with van der Waals surface area (Å²) in [6.45, 7) is -0.531. The predicted molar refractivity (Wildman–Crippen MR) is 48.1 cm³/mol. The van der Waals surface area contributed by atoms with Crippen LogP contribution in [0.1, 0.15) is 10.5 Å². The summed E-state index contributed by atoms with van der Waals surface area (Å²) in [5.74, 6) is -0.347. The van der Waals surface area contributed by atoms with Crippen molar-refractivity contribution in [1.82, 2.24) is 10.3 Å². The molecule has 0 aliphatic rings. The van der Waals surface area contributed by atoms with E-state index in [1.807, 2.05) is 0 Å². The molecule has 3 nitrogen and oxygen atoms in total. The average molecular weight is 253 g/mol. The van der Waals surface area contributed by atoms with E-state index < -0.39 is 6.67 Å². The highest BCUT2D eigenvalue weighted by atomic mass is 79.9. The molecule has 1 aromatic rings. The maximum Gasteiger partial charge on any atom is 0.272 e. The number of hydrogen-bond donors (Lipinski definition) is 1. The third kappa shape index (κ3) is 2.25. The monoisotopic (exact) mass is 252 g/mol. The van der Waals surface area contributed by atoms with Gasteiger partial charge in [-0.15, -0.1) is 11.3 Å². The largest absolute Gasteiger partial charge is 0.348 e. The van der Waals surface area contributed by atoms with Crippen molar-refractivity contribution in [2.75, 3.05) is 13.2 Å². The van der Waals surface area contributed by atoms with E-state index in [2.05, 4.69) is 26.2 Å². The molecular weight excluding hydrogens is 247 g/mol. The van der Waals surface area contributed by atoms with E-state index in [1.54, 1.807) is 5.51 Å². The van der Waals surface area contributed by atoms with Crippen molar-refractivity contribution in [1.29, 1.82) is 0 Å². The van der Waals surface area contributed by atoms with Crippen LogP contribution in [0.3, 0.4) is 0 Å². The molecule has 0 unspecified atom stereocenters. The summed E-state index contributed by atoms with van der Waals surface area (Å²) in [4.78, 5) is 14.9. The molecule has 0 spiro atoms. The fourth-order valence-electron chi connectivity index (χ4n) is 0.624. The Kier molecular flexibility index (Phi) is 3.61. The van der Waals surface area contributed by atoms with Crippen molar-refractivity contribution in [2.24, 2.45) is 0 Å². The number of carbonyl (C=O) groups is 1. The zero-order chi connectivity index (χ0) is 8.97. The van der Waals surface area contributed by atoms with Crippen LogP contribution in [0.15, 0.2) is 9.30 Å². The minimum absolute atomic E-state index is 0.0306. The molecule has 0 saturated carbocycles. The van der Waals surface area contributed by atoms with Crippen LogP contribution in [0.25, 0.3) is 0 Å². The summed E-state index contributed by atoms with van der Waals surface area (Å²) >= 11 is 4.48. The van der Waals surface area contributed by atoms with Gasteiger partial charge in [0.25, 0.3) is 5.91 Å². The SMILES string of the molecule is O=C(NCCF)c1ncsc1Br. The van der Waals surface area contributed by atoms with E-state index in [0.717, 1.165) is 0 Å². The minimum atomic E-state index is -0.562. The van der Waals surface area contributed by atoms with Crippen LogP contribution in [0.4, 0.5) is 4.39 Å². The average Bonchev–Trinajstić information content (AvgIpc) is 2.47. The number of hydrogen-bond acceptors (Lipinski definition) is 3. The van der Waals surface area contributed by atoms with E-state index in [9.17, 15) is 9.18 Å². The summed E-state index contributed by atoms with van der Waals surface area (Å²) < 4.78 is 12.3. The van der Waals surface area contributed by atoms with Crippen LogP contribution in [0.2, 0.25) is 0 Å². The maximum absolute atomic E-state index is 11.7. The third-order valence-electron chi connectivity index (χ3n) is 1.12. The van der Waals surface area contributed by atoms with Crippen molar-refractivity contribution in [3.05, 3.63) is 15.0 Å². The van der Waals surface area contributed by atoms with E-state index in [1.165, 1.54) is 11.3 Å². The van der Waals surface area contributed by atoms with Crippen LogP contribution in [0.5, 0.6) is 0 Å². The number of rotatable bonds is 3. The molecule has 1 rings (SSSR count). The van der Waals surface area contributed by atoms with Gasteiger partial charge in [0.15, 0.2) is 5.69 Å². The topological polar surface area (TPSA) is 42.0 Å². The number of alkyl halides is 1. The number of thiazole rings is 1. The smallest absolute Gasteiger partial charge is 0.272 e. The molecule has 0 aliphatic heterocycles. The molecule has 0 aliphatic carbocycles. The standard InChI is InChI=1S/C6H6BrFN2OS/c7-5-4(10-3-12-5)6(11)9-2-1-8/h3H,1-2H2,(H,9,11). The number of aromatic nitrogens is 1. The number of amides is 1. The fraction of sp³-hybridized carbons (Fsp3) is 0.333. The summed E-state index contributed by atoms with van der Waals surface area (Å²) in [7, 11) is 0. The van der Waals surface area contributed by atoms with Crippen molar-refractivity contribution in [3.8, 4) is 0 Å². The Morgan fingerprint density at radius 2 is 2.58 bits per heavy atom. The first kappa shape index (κ1) is 9.60. The zero-order valence-electron chi connectivity index (χ0n) is 6.01. The number of halogens is 2. The lowest BCUT2D eigenvalue weighted by Crippen LogP contribution is -2.25. The van der Waals surface area contributed by atoms with Gasteiger partial charge >= 0.3 is 0 Å². The summed E-state index contributed by atoms with van der Waals surface area (Å²) in [6.07, 6.45) is 0. The Hall–Kier alpha value is -0.490. The zero-order valence-corrected chi connectivity index (χ0v) is 8.41. The van der Waals surface area contributed by atoms with Gasteiger partial charge in [-0.25, -0.2) is 9.37 Å². The van der Waals surface area contributed by atoms with Gasteiger partial charge in [-0.05, 0) is 15.9 Å². The minimum Gasteiger partial charge on any atom is -0.348 e. The second-order valence-corrected chi connectivity index (χ2v) is 4.09. The Morgan fingerprint density at radius 3 is 3.08 bits per heavy atom. The van der Waals surface area contributed by atoms with Gasteiger partial charge < -0.3 is 5.32 Å². The second kappa shape index (κ2) is 4.51. The molecule has 0 aromatic carbocycles. The van der Waals surface area contributed by atoms with Gasteiger partial charge in [-0.1, -0.05) is 0 Å². The van der Waals surface area contributed by atoms with Crippen LogP contribution in [0, 0.1) is 0 Å². The van der Waals surface area contributed by atoms with E-state index >= 15 is 0 Å². The van der Waals surface area contributed by atoms with E-state index in [4.69, 9.17) is 0 Å². The quantitative estimate of drug-likeness (QED) is 0.889. The van der Waals surface area contributed by atoms with Gasteiger partial charge in [0, 0.05) is 6.54 Å². The fourth-order valence-corrected chi connectivity index (χ4v) is 1.67. The normalized spacial score (nSPS) is 9.83. The van der Waals surface area contributed by atoms with E-state index in [-0.39, 0.29) is 12.5 Å². The number of nitrogens with zero attached hydrogens (tertiary/aromatic N) is 1. The maximum atomic E-state index is 11.7. The molecule has 0 bridgehead atoms. The summed E-state index contributed by atoms with van der Waals surface area (Å²) in [5, 5.41) is 2.38. The Bertz CT molecular complexity index is 278. The molecule has 0 fully saturated rings. The van der Waals surface area contributed by atoms with Crippen molar-refractivity contribution in [2.45, 2.75) is 0 Å². The molecule has 1 heterocycles. The van der Waals surface area contributed by atoms with Crippen LogP contribution < -0.4 is 5.32 Å². The highest BCUT2D eigenvalue weighted by Crippen LogP contribution is 2.19. The molecule has 1 amide bonds. The number of nitrogens with one attached hydrogen (secondary N) is 1. The van der Waals surface area contributed by atoms with Gasteiger partial charge in [0.2, 0.25) is 0 Å². The first-order valence-corrected chi connectivity index (χ1v) is 4.86. The molecule has 66 valence electrons. The molecular formula is C6H6BrFN2OS. The van der Waals surface area contributed by atoms with Crippen molar-refractivity contribution in [3.63, 3.8) is 0 Å². The molecule has 0 radical (unpaired) electrons. The van der Waals surface area contributed by atoms with Gasteiger partial charge in [-0.2, -0.15) is 0 Å². The van der Waals surface area contributed by atoms with Gasteiger partial charge in [0.1, 0.15) is 10.5 Å². The van der Waals surface area contributed by atoms with Gasteiger partial charge in [-0.3, -0.25) is 4.79 Å². The summed E-state index contributed by atoms with van der Waals surface area (Å²) in [6, 6.07) is 0. The lowest BCUT2D eigenvalue weighted by Gasteiger charge is -1.98. The highest BCUT2D eigenvalue weighted by molar-refractivity contribution is 9.11. The number of carbonyl (C=O) groups excluding carboxylic acids is 1.